The van der Waals surface area contributed by atoms with Crippen molar-refractivity contribution >= 4 is 26.7 Å². The summed E-state index contributed by atoms with van der Waals surface area (Å²) in [6, 6.07) is 11.1. The van der Waals surface area contributed by atoms with E-state index in [1.54, 1.807) is 27.4 Å². The Labute approximate surface area is 195 Å². The molecule has 2 bridgehead atoms. The number of likely N-dealkylation sites (tertiary alicyclic amines) is 1. The van der Waals surface area contributed by atoms with Gasteiger partial charge in [0.15, 0.2) is 0 Å². The Morgan fingerprint density at radius 3 is 2.56 bits per heavy atom. The Morgan fingerprint density at radius 2 is 1.85 bits per heavy atom. The quantitative estimate of drug-likeness (QED) is 0.600. The number of carbonyl (C=O) groups excluding carboxylic acids is 1. The van der Waals surface area contributed by atoms with Crippen molar-refractivity contribution in [2.24, 2.45) is 0 Å². The molecule has 1 aromatic heterocycles. The third-order valence-corrected chi connectivity index (χ3v) is 9.55. The van der Waals surface area contributed by atoms with Crippen molar-refractivity contribution in [3.63, 3.8) is 0 Å². The summed E-state index contributed by atoms with van der Waals surface area (Å²) in [6.45, 7) is 0.565. The first-order valence-electron chi connectivity index (χ1n) is 11.4. The Hall–Kier alpha value is -3.11. The number of benzene rings is 2. The summed E-state index contributed by atoms with van der Waals surface area (Å²) in [4.78, 5) is 26.9. The van der Waals surface area contributed by atoms with Crippen molar-refractivity contribution in [2.75, 3.05) is 13.1 Å². The van der Waals surface area contributed by atoms with E-state index in [0.717, 1.165) is 0 Å². The standard InChI is InChI=1S/C24H23FN4O4S/c25-21-8-5-14(10-22-18-3-1-2-4-19(18)23(30)27-26-22)9-20(21)24(31)28-12-16-11-15(28)13-29(16)34(32,33)17-6-7-17/h1-5,8-9,15-17H,6-7,10-13H2,(H,27,30). The van der Waals surface area contributed by atoms with Crippen molar-refractivity contribution in [1.29, 1.82) is 0 Å². The summed E-state index contributed by atoms with van der Waals surface area (Å²) in [5.74, 6) is -1.03. The van der Waals surface area contributed by atoms with Gasteiger partial charge in [0.1, 0.15) is 5.82 Å². The number of halogens is 1. The molecule has 3 fully saturated rings. The number of sulfonamides is 1. The number of amides is 1. The first-order valence-corrected chi connectivity index (χ1v) is 12.9. The van der Waals surface area contributed by atoms with Crippen LogP contribution in [0.4, 0.5) is 4.39 Å². The first kappa shape index (κ1) is 21.4. The number of carbonyl (C=O) groups is 1. The lowest BCUT2D eigenvalue weighted by Crippen LogP contribution is -2.51. The number of fused-ring (bicyclic) bond motifs is 3. The van der Waals surface area contributed by atoms with Crippen LogP contribution in [0.15, 0.2) is 47.3 Å². The predicted molar refractivity (Wildman–Crippen MR) is 123 cm³/mol. The zero-order chi connectivity index (χ0) is 23.6. The molecule has 176 valence electrons. The van der Waals surface area contributed by atoms with Crippen LogP contribution in [0.25, 0.3) is 10.8 Å². The fraction of sp³-hybridized carbons (Fsp3) is 0.375. The molecule has 1 saturated carbocycles. The van der Waals surface area contributed by atoms with Gasteiger partial charge in [0.05, 0.1) is 21.9 Å². The molecule has 1 N–H and O–H groups in total. The third-order valence-electron chi connectivity index (χ3n) is 7.13. The van der Waals surface area contributed by atoms with Crippen LogP contribution >= 0.6 is 0 Å². The van der Waals surface area contributed by atoms with E-state index >= 15 is 0 Å². The van der Waals surface area contributed by atoms with Crippen molar-refractivity contribution in [3.8, 4) is 0 Å². The Balaban J connectivity index is 1.25. The van der Waals surface area contributed by atoms with Gasteiger partial charge in [0, 0.05) is 37.0 Å². The summed E-state index contributed by atoms with van der Waals surface area (Å²) in [5.41, 5.74) is 1.00. The van der Waals surface area contributed by atoms with Crippen LogP contribution in [0.3, 0.4) is 0 Å². The number of H-pyrrole nitrogens is 1. The molecule has 10 heteroatoms. The van der Waals surface area contributed by atoms with Crippen LogP contribution in [0.1, 0.15) is 40.9 Å². The summed E-state index contributed by atoms with van der Waals surface area (Å²) in [6.07, 6.45) is 2.32. The van der Waals surface area contributed by atoms with Crippen LogP contribution in [0, 0.1) is 5.82 Å². The molecule has 2 aliphatic heterocycles. The molecule has 3 aliphatic rings. The summed E-state index contributed by atoms with van der Waals surface area (Å²) >= 11 is 0. The number of rotatable bonds is 5. The predicted octanol–water partition coefficient (Wildman–Crippen LogP) is 2.04. The van der Waals surface area contributed by atoms with Crippen LogP contribution in [0.5, 0.6) is 0 Å². The number of hydrogen-bond acceptors (Lipinski definition) is 5. The van der Waals surface area contributed by atoms with Crippen molar-refractivity contribution in [1.82, 2.24) is 19.4 Å². The summed E-state index contributed by atoms with van der Waals surface area (Å²) in [5, 5.41) is 7.61. The number of hydrogen-bond donors (Lipinski definition) is 1. The zero-order valence-corrected chi connectivity index (χ0v) is 19.1. The zero-order valence-electron chi connectivity index (χ0n) is 18.3. The Morgan fingerprint density at radius 1 is 1.09 bits per heavy atom. The summed E-state index contributed by atoms with van der Waals surface area (Å²) < 4.78 is 41.6. The van der Waals surface area contributed by atoms with Crippen molar-refractivity contribution in [2.45, 2.75) is 43.0 Å². The molecule has 34 heavy (non-hydrogen) atoms. The minimum atomic E-state index is -3.29. The molecule has 1 amide bonds. The molecule has 3 heterocycles. The fourth-order valence-corrected chi connectivity index (χ4v) is 7.31. The van der Waals surface area contributed by atoms with Crippen molar-refractivity contribution in [3.05, 3.63) is 75.5 Å². The molecule has 2 atom stereocenters. The largest absolute Gasteiger partial charge is 0.333 e. The maximum Gasteiger partial charge on any atom is 0.272 e. The van der Waals surface area contributed by atoms with Crippen molar-refractivity contribution < 1.29 is 17.6 Å². The van der Waals surface area contributed by atoms with Gasteiger partial charge in [0.2, 0.25) is 10.0 Å². The second-order valence-electron chi connectivity index (χ2n) is 9.35. The van der Waals surface area contributed by atoms with Gasteiger partial charge >= 0.3 is 0 Å². The Kier molecular flexibility index (Phi) is 4.86. The maximum atomic E-state index is 14.7. The smallest absolute Gasteiger partial charge is 0.272 e. The van der Waals surface area contributed by atoms with Crippen LogP contribution in [-0.4, -0.2) is 64.2 Å². The molecule has 3 aromatic rings. The first-order chi connectivity index (χ1) is 16.3. The van der Waals surface area contributed by atoms with Gasteiger partial charge in [-0.3, -0.25) is 9.59 Å². The van der Waals surface area contributed by atoms with Crippen LogP contribution in [-0.2, 0) is 16.4 Å². The third kappa shape index (κ3) is 3.43. The maximum absolute atomic E-state index is 14.7. The second kappa shape index (κ2) is 7.71. The molecular weight excluding hydrogens is 459 g/mol. The highest BCUT2D eigenvalue weighted by Crippen LogP contribution is 2.39. The molecule has 1 aliphatic carbocycles. The van der Waals surface area contributed by atoms with E-state index in [4.69, 9.17) is 0 Å². The minimum Gasteiger partial charge on any atom is -0.333 e. The number of aromatic nitrogens is 2. The Bertz CT molecular complexity index is 1480. The lowest BCUT2D eigenvalue weighted by molar-refractivity contribution is 0.0677. The highest BCUT2D eigenvalue weighted by molar-refractivity contribution is 7.90. The summed E-state index contributed by atoms with van der Waals surface area (Å²) in [7, 11) is -3.29. The highest BCUT2D eigenvalue weighted by atomic mass is 32.2. The molecule has 2 saturated heterocycles. The molecule has 0 radical (unpaired) electrons. The van der Waals surface area contributed by atoms with E-state index in [2.05, 4.69) is 10.2 Å². The van der Waals surface area contributed by atoms with Gasteiger partial charge in [-0.15, -0.1) is 0 Å². The van der Waals surface area contributed by atoms with Gasteiger partial charge in [-0.25, -0.2) is 17.9 Å². The highest BCUT2D eigenvalue weighted by Gasteiger charge is 2.53. The van der Waals surface area contributed by atoms with Crippen LogP contribution in [0.2, 0.25) is 0 Å². The number of nitrogens with one attached hydrogen (secondary N) is 1. The number of aromatic amines is 1. The van der Waals surface area contributed by atoms with Gasteiger partial charge in [-0.1, -0.05) is 24.3 Å². The number of piperazine rings is 1. The molecule has 0 spiro atoms. The van der Waals surface area contributed by atoms with E-state index in [1.165, 1.54) is 12.1 Å². The van der Waals surface area contributed by atoms with E-state index in [1.807, 2.05) is 12.1 Å². The SMILES string of the molecule is O=C(c1cc(Cc2n[nH]c(=O)c3ccccc23)ccc1F)N1CC2CC1CN2S(=O)(=O)C1CC1. The van der Waals surface area contributed by atoms with Gasteiger partial charge in [-0.2, -0.15) is 9.40 Å². The average Bonchev–Trinajstić information content (AvgIpc) is 3.51. The number of nitrogens with zero attached hydrogens (tertiary/aromatic N) is 3. The second-order valence-corrected chi connectivity index (χ2v) is 11.5. The molecule has 2 unspecified atom stereocenters. The normalized spacial score (nSPS) is 22.6. The van der Waals surface area contributed by atoms with Gasteiger partial charge in [0.25, 0.3) is 11.5 Å². The van der Waals surface area contributed by atoms with E-state index in [9.17, 15) is 22.4 Å². The monoisotopic (exact) mass is 482 g/mol. The molecule has 8 nitrogen and oxygen atoms in total. The van der Waals surface area contributed by atoms with E-state index in [0.29, 0.717) is 47.7 Å². The molecule has 2 aromatic carbocycles. The van der Waals surface area contributed by atoms with Gasteiger partial charge < -0.3 is 4.90 Å². The van der Waals surface area contributed by atoms with Crippen LogP contribution < -0.4 is 5.56 Å². The minimum absolute atomic E-state index is 0.0321. The average molecular weight is 483 g/mol. The van der Waals surface area contributed by atoms with E-state index in [-0.39, 0.29) is 41.5 Å². The topological polar surface area (TPSA) is 103 Å². The lowest BCUT2D eigenvalue weighted by atomic mass is 10.0. The molecular formula is C24H23FN4O4S. The van der Waals surface area contributed by atoms with E-state index < -0.39 is 21.7 Å². The molecule has 6 rings (SSSR count). The van der Waals surface area contributed by atoms with Gasteiger partial charge in [-0.05, 0) is 43.0 Å². The fourth-order valence-electron chi connectivity index (χ4n) is 5.25. The lowest BCUT2D eigenvalue weighted by Gasteiger charge is -2.33.